The van der Waals surface area contributed by atoms with E-state index in [-0.39, 0.29) is 36.4 Å². The number of fused-ring (bicyclic) bond motifs is 5. The second-order valence-electron chi connectivity index (χ2n) is 26.1. The van der Waals surface area contributed by atoms with E-state index >= 15 is 0 Å². The van der Waals surface area contributed by atoms with Gasteiger partial charge in [-0.3, -0.25) is 18.2 Å². The Balaban J connectivity index is 0.000000123. The average Bonchev–Trinajstić information content (AvgIpc) is 1.52. The summed E-state index contributed by atoms with van der Waals surface area (Å²) in [5, 5.41) is 3.33. The molecule has 4 atom stereocenters. The molecule has 3 spiro atoms. The standard InChI is InChI=1S/C25H23Cl2N5S.C24H25N5OS.C22H25Cl2N5OS.CH4/c26-18-6-3-7-19(21(18)27)33-20-15-30-24(32-13-10-29-23(20)32)31-11-8-25(9-12-31)14-16-4-1-2-5-17(16)22(25)28;1-17-15-30-16-24(17)7-11-28(12-8-24)23-27-14-21(22-26-10-13-29(22)23)31-20-6-9-25-19-5-3-2-4-18(19)20;1-13-18(31-16-5-3-4-15(23)17(16)24)20-26-8-11-29(20)21(27-13)28-9-6-22(7-10-28)12-30-14(2)19(22)25;/h1-7,10,13,15,22H,8-9,11-12,14,28H2;2-6,9-10,13-14,17H,7-8,11-12,15-16H2,1H3;3-5,8,11,14,19H,6-7,9-10,12,25H2,1-2H3;1H4/t22-;17-;14-,19+;/m110./s1. The van der Waals surface area contributed by atoms with Crippen LogP contribution in [0.1, 0.15) is 82.7 Å². The molecule has 4 aromatic carbocycles. The number of anilines is 3. The molecule has 0 radical (unpaired) electrons. The molecule has 1 aliphatic carbocycles. The Bertz CT molecular complexity index is 4640. The second-order valence-corrected chi connectivity index (χ2v) is 30.9. The Labute approximate surface area is 592 Å². The number of para-hydroxylation sites is 1. The Morgan fingerprint density at radius 1 is 0.521 bits per heavy atom. The van der Waals surface area contributed by atoms with Gasteiger partial charge in [0.1, 0.15) is 0 Å². The Morgan fingerprint density at radius 3 is 1.64 bits per heavy atom. The molecule has 7 aromatic heterocycles. The highest BCUT2D eigenvalue weighted by atomic mass is 35.5. The van der Waals surface area contributed by atoms with Crippen LogP contribution >= 0.6 is 81.7 Å². The number of imidazole rings is 3. The number of nitrogens with two attached hydrogens (primary N) is 2. The van der Waals surface area contributed by atoms with E-state index in [0.29, 0.717) is 31.4 Å². The fourth-order valence-electron chi connectivity index (χ4n) is 15.0. The first kappa shape index (κ1) is 66.8. The number of hydrogen-bond acceptors (Lipinski definition) is 17. The number of piperidine rings is 3. The highest BCUT2D eigenvalue weighted by Gasteiger charge is 2.49. The first-order valence-electron chi connectivity index (χ1n) is 32.5. The molecule has 0 amide bonds. The van der Waals surface area contributed by atoms with Crippen molar-refractivity contribution in [1.82, 2.24) is 48.1 Å². The summed E-state index contributed by atoms with van der Waals surface area (Å²) in [6.07, 6.45) is 24.8. The minimum atomic E-state index is 0. The molecule has 0 unspecified atom stereocenters. The van der Waals surface area contributed by atoms with Crippen LogP contribution in [-0.4, -0.2) is 119 Å². The Hall–Kier alpha value is -6.40. The van der Waals surface area contributed by atoms with Crippen LogP contribution in [0.2, 0.25) is 20.1 Å². The van der Waals surface area contributed by atoms with Crippen LogP contribution in [0.4, 0.5) is 17.8 Å². The number of pyridine rings is 1. The zero-order valence-corrected chi connectivity index (χ0v) is 58.5. The molecule has 5 fully saturated rings. The minimum Gasteiger partial charge on any atom is -0.381 e. The molecular weight excluding hydrogens is 1340 g/mol. The molecule has 5 saturated heterocycles. The number of nitrogens with zero attached hydrogens (tertiary/aromatic N) is 13. The highest BCUT2D eigenvalue weighted by Crippen LogP contribution is 2.52. The Morgan fingerprint density at radius 2 is 1.05 bits per heavy atom. The highest BCUT2D eigenvalue weighted by molar-refractivity contribution is 8.00. The number of rotatable bonds is 9. The van der Waals surface area contributed by atoms with Gasteiger partial charge in [-0.2, -0.15) is 0 Å². The SMILES string of the molecule is C.C[C@@H]1COCC12CCN(c1ncc(Sc3ccnc4ccccc34)c3nccn13)CC2.Cc1nc(N2CCC3(CC2)CO[C@@H](C)[C@H]3N)n2ccnc2c1Sc1cccc(Cl)c1Cl.N[C@@H]1c2ccccc2CC12CCN(c1ncc(Sc3cccc(Cl)c3Cl)c3nccn13)CC2. The number of halogens is 4. The average molecular weight is 1420 g/mol. The maximum absolute atomic E-state index is 6.76. The fourth-order valence-corrected chi connectivity index (χ4v) is 18.9. The van der Waals surface area contributed by atoms with Gasteiger partial charge in [0.25, 0.3) is 0 Å². The summed E-state index contributed by atoms with van der Waals surface area (Å²) in [6.45, 7) is 14.7. The summed E-state index contributed by atoms with van der Waals surface area (Å²) in [5.74, 6) is 3.47. The maximum atomic E-state index is 6.76. The molecule has 5 aliphatic heterocycles. The normalized spacial score (nSPS) is 20.9. The molecule has 0 bridgehead atoms. The van der Waals surface area contributed by atoms with Crippen LogP contribution in [0.15, 0.2) is 176 Å². The molecule has 12 heterocycles. The quantitative estimate of drug-likeness (QED) is 0.139. The van der Waals surface area contributed by atoms with Gasteiger partial charge < -0.3 is 35.6 Å². The van der Waals surface area contributed by atoms with Gasteiger partial charge in [-0.15, -0.1) is 0 Å². The van der Waals surface area contributed by atoms with Crippen LogP contribution in [0.25, 0.3) is 27.8 Å². The van der Waals surface area contributed by atoms with Crippen molar-refractivity contribution in [2.45, 2.75) is 121 Å². The van der Waals surface area contributed by atoms with E-state index < -0.39 is 0 Å². The van der Waals surface area contributed by atoms with Gasteiger partial charge in [0.2, 0.25) is 17.8 Å². The van der Waals surface area contributed by atoms with Gasteiger partial charge in [-0.1, -0.05) is 151 Å². The smallest absolute Gasteiger partial charge is 0.211 e. The third-order valence-electron chi connectivity index (χ3n) is 20.9. The lowest BCUT2D eigenvalue weighted by Crippen LogP contribution is -2.51. The summed E-state index contributed by atoms with van der Waals surface area (Å²) < 4.78 is 17.9. The molecule has 498 valence electrons. The molecule has 17 nitrogen and oxygen atoms in total. The molecule has 6 aliphatic rings. The van der Waals surface area contributed by atoms with E-state index in [4.69, 9.17) is 82.3 Å². The first-order valence-corrected chi connectivity index (χ1v) is 36.4. The Kier molecular flexibility index (Phi) is 19.3. The van der Waals surface area contributed by atoms with Gasteiger partial charge >= 0.3 is 0 Å². The number of ether oxygens (including phenoxy) is 2. The van der Waals surface area contributed by atoms with E-state index in [1.165, 1.54) is 27.8 Å². The van der Waals surface area contributed by atoms with Gasteiger partial charge in [0.05, 0.1) is 65.3 Å². The molecular formula is C72H77Cl4N15O2S3. The second kappa shape index (κ2) is 27.7. The summed E-state index contributed by atoms with van der Waals surface area (Å²) in [7, 11) is 0. The molecule has 96 heavy (non-hydrogen) atoms. The maximum Gasteiger partial charge on any atom is 0.211 e. The largest absolute Gasteiger partial charge is 0.381 e. The number of aryl methyl sites for hydroxylation is 1. The zero-order chi connectivity index (χ0) is 65.2. The molecule has 24 heteroatoms. The van der Waals surface area contributed by atoms with E-state index in [1.54, 1.807) is 35.7 Å². The van der Waals surface area contributed by atoms with Crippen molar-refractivity contribution in [3.05, 3.63) is 184 Å². The van der Waals surface area contributed by atoms with E-state index in [9.17, 15) is 0 Å². The molecule has 0 saturated carbocycles. The van der Waals surface area contributed by atoms with Crippen LogP contribution in [0, 0.1) is 29.1 Å². The van der Waals surface area contributed by atoms with Crippen molar-refractivity contribution in [3.63, 3.8) is 0 Å². The van der Waals surface area contributed by atoms with E-state index in [2.05, 4.69) is 104 Å². The first-order chi connectivity index (χ1) is 46.2. The van der Waals surface area contributed by atoms with E-state index in [0.717, 1.165) is 180 Å². The monoisotopic (exact) mass is 1420 g/mol. The molecule has 4 N–H and O–H groups in total. The lowest BCUT2D eigenvalue weighted by Gasteiger charge is -2.42. The molecule has 17 rings (SSSR count). The lowest BCUT2D eigenvalue weighted by atomic mass is 9.72. The number of hydrogen-bond donors (Lipinski definition) is 2. The minimum absolute atomic E-state index is 0. The van der Waals surface area contributed by atoms with Crippen molar-refractivity contribution < 1.29 is 9.47 Å². The predicted molar refractivity (Wildman–Crippen MR) is 390 cm³/mol. The molecule has 11 aromatic rings. The summed E-state index contributed by atoms with van der Waals surface area (Å²) >= 11 is 30.0. The van der Waals surface area contributed by atoms with Gasteiger partial charge in [-0.25, -0.2) is 29.9 Å². The van der Waals surface area contributed by atoms with Gasteiger partial charge in [0.15, 0.2) is 16.9 Å². The number of aromatic nitrogens is 10. The summed E-state index contributed by atoms with van der Waals surface area (Å²) in [4.78, 5) is 46.1. The van der Waals surface area contributed by atoms with Crippen LogP contribution < -0.4 is 26.2 Å². The fraction of sp³-hybridized carbons (Fsp3) is 0.375. The van der Waals surface area contributed by atoms with Crippen molar-refractivity contribution in [1.29, 1.82) is 0 Å². The van der Waals surface area contributed by atoms with E-state index in [1.807, 2.05) is 99.1 Å². The zero-order valence-electron chi connectivity index (χ0n) is 53.0. The van der Waals surface area contributed by atoms with Crippen molar-refractivity contribution in [2.24, 2.45) is 33.6 Å². The lowest BCUT2D eigenvalue weighted by molar-refractivity contribution is 0.0973. The third kappa shape index (κ3) is 12.5. The third-order valence-corrected chi connectivity index (χ3v) is 26.1. The number of benzene rings is 4. The van der Waals surface area contributed by atoms with Crippen LogP contribution in [-0.2, 0) is 15.9 Å². The topological polar surface area (TPSA) is 184 Å². The van der Waals surface area contributed by atoms with Crippen molar-refractivity contribution >= 4 is 127 Å². The van der Waals surface area contributed by atoms with Crippen molar-refractivity contribution in [3.8, 4) is 0 Å². The summed E-state index contributed by atoms with van der Waals surface area (Å²) in [5.41, 5.74) is 21.2. The van der Waals surface area contributed by atoms with Crippen LogP contribution in [0.3, 0.4) is 0 Å². The van der Waals surface area contributed by atoms with Gasteiger partial charge in [-0.05, 0) is 118 Å². The van der Waals surface area contributed by atoms with Crippen LogP contribution in [0.5, 0.6) is 0 Å². The predicted octanol–water partition coefficient (Wildman–Crippen LogP) is 16.2. The summed E-state index contributed by atoms with van der Waals surface area (Å²) in [6, 6.07) is 30.5. The van der Waals surface area contributed by atoms with Crippen molar-refractivity contribution in [2.75, 3.05) is 73.8 Å². The van der Waals surface area contributed by atoms with Gasteiger partial charge in [0, 0.05) is 145 Å².